The van der Waals surface area contributed by atoms with Crippen molar-refractivity contribution in [3.05, 3.63) is 51.0 Å². The predicted octanol–water partition coefficient (Wildman–Crippen LogP) is 3.42. The van der Waals surface area contributed by atoms with Crippen LogP contribution in [0.2, 0.25) is 5.02 Å². The van der Waals surface area contributed by atoms with E-state index in [1.165, 1.54) is 4.70 Å². The number of piperidine rings is 1. The first kappa shape index (κ1) is 14.7. The molecule has 5 nitrogen and oxygen atoms in total. The quantitative estimate of drug-likeness (QED) is 0.772. The molecule has 0 aliphatic carbocycles. The second-order valence-electron chi connectivity index (χ2n) is 5.67. The second-order valence-corrected chi connectivity index (χ2v) is 7.17. The number of nitrogens with zero attached hydrogens (tertiary/aromatic N) is 3. The van der Waals surface area contributed by atoms with Crippen molar-refractivity contribution < 1.29 is 0 Å². The first-order chi connectivity index (χ1) is 11.2. The van der Waals surface area contributed by atoms with E-state index in [9.17, 15) is 4.79 Å². The molecular weight excluding hydrogens is 332 g/mol. The van der Waals surface area contributed by atoms with Crippen molar-refractivity contribution in [2.24, 2.45) is 0 Å². The van der Waals surface area contributed by atoms with Crippen LogP contribution in [0.15, 0.2) is 35.4 Å². The molecule has 1 fully saturated rings. The molecule has 1 aliphatic rings. The van der Waals surface area contributed by atoms with Crippen LogP contribution in [0.1, 0.15) is 23.8 Å². The number of aromatic nitrogens is 3. The lowest BCUT2D eigenvalue weighted by Crippen LogP contribution is -2.37. The molecule has 0 spiro atoms. The maximum atomic E-state index is 11.8. The predicted molar refractivity (Wildman–Crippen MR) is 93.7 cm³/mol. The zero-order valence-electron chi connectivity index (χ0n) is 12.3. The van der Waals surface area contributed by atoms with Crippen LogP contribution >= 0.6 is 22.9 Å². The van der Waals surface area contributed by atoms with Gasteiger partial charge < -0.3 is 9.88 Å². The first-order valence-corrected chi connectivity index (χ1v) is 8.75. The van der Waals surface area contributed by atoms with E-state index in [0.29, 0.717) is 11.7 Å². The SMILES string of the molecule is O=c1[nH]ccnc1N1CCC(c2nc3cc(Cl)ccc3s2)CC1. The number of H-pyrrole nitrogens is 1. The number of hydrogen-bond acceptors (Lipinski definition) is 5. The summed E-state index contributed by atoms with van der Waals surface area (Å²) < 4.78 is 1.17. The van der Waals surface area contributed by atoms with Crippen LogP contribution in [0.25, 0.3) is 10.2 Å². The van der Waals surface area contributed by atoms with Crippen LogP contribution in [-0.2, 0) is 0 Å². The molecule has 0 radical (unpaired) electrons. The molecule has 3 aromatic rings. The molecule has 0 bridgehead atoms. The molecule has 1 saturated heterocycles. The molecule has 3 heterocycles. The molecule has 23 heavy (non-hydrogen) atoms. The third kappa shape index (κ3) is 2.84. The van der Waals surface area contributed by atoms with Gasteiger partial charge >= 0.3 is 0 Å². The number of aromatic amines is 1. The van der Waals surface area contributed by atoms with Gasteiger partial charge in [-0.2, -0.15) is 0 Å². The van der Waals surface area contributed by atoms with Crippen molar-refractivity contribution in [3.8, 4) is 0 Å². The Balaban J connectivity index is 1.52. The summed E-state index contributed by atoms with van der Waals surface area (Å²) in [6.45, 7) is 1.64. The first-order valence-electron chi connectivity index (χ1n) is 7.55. The molecule has 0 atom stereocenters. The number of halogens is 1. The number of anilines is 1. The van der Waals surface area contributed by atoms with E-state index >= 15 is 0 Å². The summed E-state index contributed by atoms with van der Waals surface area (Å²) in [5.41, 5.74) is 0.849. The lowest BCUT2D eigenvalue weighted by molar-refractivity contribution is 0.500. The molecule has 118 valence electrons. The molecule has 1 N–H and O–H groups in total. The second kappa shape index (κ2) is 5.94. The summed E-state index contributed by atoms with van der Waals surface area (Å²) >= 11 is 7.77. The summed E-state index contributed by atoms with van der Waals surface area (Å²) in [5.74, 6) is 0.951. The van der Waals surface area contributed by atoms with Crippen molar-refractivity contribution in [3.63, 3.8) is 0 Å². The fraction of sp³-hybridized carbons (Fsp3) is 0.312. The Kier molecular flexibility index (Phi) is 3.79. The van der Waals surface area contributed by atoms with Gasteiger partial charge in [-0.1, -0.05) is 11.6 Å². The topological polar surface area (TPSA) is 61.9 Å². The molecule has 4 rings (SSSR count). The number of nitrogens with one attached hydrogen (secondary N) is 1. The van der Waals surface area contributed by atoms with Crippen LogP contribution in [0, 0.1) is 0 Å². The van der Waals surface area contributed by atoms with Crippen molar-refractivity contribution in [2.75, 3.05) is 18.0 Å². The van der Waals surface area contributed by atoms with E-state index in [-0.39, 0.29) is 5.56 Å². The smallest absolute Gasteiger partial charge is 0.290 e. The summed E-state index contributed by atoms with van der Waals surface area (Å²) in [4.78, 5) is 25.5. The standard InChI is InChI=1S/C16H15ClN4OS/c17-11-1-2-13-12(9-11)20-16(23-13)10-3-7-21(8-4-10)14-15(22)19-6-5-18-14/h1-2,5-6,9-10H,3-4,7-8H2,(H,19,22). The number of thiazole rings is 1. The lowest BCUT2D eigenvalue weighted by Gasteiger charge is -2.31. The summed E-state index contributed by atoms with van der Waals surface area (Å²) in [7, 11) is 0. The van der Waals surface area contributed by atoms with Crippen LogP contribution in [0.4, 0.5) is 5.82 Å². The lowest BCUT2D eigenvalue weighted by atomic mass is 9.97. The molecule has 0 amide bonds. The van der Waals surface area contributed by atoms with Gasteiger partial charge in [-0.3, -0.25) is 4.79 Å². The average molecular weight is 347 g/mol. The highest BCUT2D eigenvalue weighted by Crippen LogP contribution is 2.35. The molecule has 1 aromatic carbocycles. The van der Waals surface area contributed by atoms with Crippen LogP contribution in [-0.4, -0.2) is 28.0 Å². The fourth-order valence-electron chi connectivity index (χ4n) is 3.00. The number of fused-ring (bicyclic) bond motifs is 1. The normalized spacial score (nSPS) is 16.1. The van der Waals surface area contributed by atoms with Crippen LogP contribution in [0.3, 0.4) is 0 Å². The van der Waals surface area contributed by atoms with Crippen molar-refractivity contribution in [1.29, 1.82) is 0 Å². The molecule has 1 aliphatic heterocycles. The van der Waals surface area contributed by atoms with Crippen molar-refractivity contribution in [1.82, 2.24) is 15.0 Å². The third-order valence-electron chi connectivity index (χ3n) is 4.20. The van der Waals surface area contributed by atoms with E-state index in [1.54, 1.807) is 23.7 Å². The number of hydrogen-bond donors (Lipinski definition) is 1. The van der Waals surface area contributed by atoms with Gasteiger partial charge in [-0.05, 0) is 31.0 Å². The molecule has 0 unspecified atom stereocenters. The van der Waals surface area contributed by atoms with E-state index in [2.05, 4.69) is 14.9 Å². The van der Waals surface area contributed by atoms with Crippen LogP contribution < -0.4 is 10.5 Å². The molecule has 2 aromatic heterocycles. The summed E-state index contributed by atoms with van der Waals surface area (Å²) in [5, 5.41) is 1.88. The minimum Gasteiger partial charge on any atom is -0.352 e. The maximum Gasteiger partial charge on any atom is 0.290 e. The minimum absolute atomic E-state index is 0.124. The van der Waals surface area contributed by atoms with Gasteiger partial charge in [0.15, 0.2) is 5.82 Å². The van der Waals surface area contributed by atoms with Gasteiger partial charge in [0.2, 0.25) is 0 Å². The van der Waals surface area contributed by atoms with Gasteiger partial charge in [0, 0.05) is 36.4 Å². The monoisotopic (exact) mass is 346 g/mol. The van der Waals surface area contributed by atoms with Crippen molar-refractivity contribution >= 4 is 39.0 Å². The minimum atomic E-state index is -0.124. The van der Waals surface area contributed by atoms with E-state index in [0.717, 1.165) is 41.5 Å². The summed E-state index contributed by atoms with van der Waals surface area (Å²) in [6.07, 6.45) is 5.14. The molecule has 0 saturated carbocycles. The van der Waals surface area contributed by atoms with Gasteiger partial charge in [0.05, 0.1) is 15.2 Å². The van der Waals surface area contributed by atoms with Crippen LogP contribution in [0.5, 0.6) is 0 Å². The average Bonchev–Trinajstić information content (AvgIpc) is 2.98. The highest BCUT2D eigenvalue weighted by molar-refractivity contribution is 7.18. The number of rotatable bonds is 2. The van der Waals surface area contributed by atoms with E-state index in [1.807, 2.05) is 18.2 Å². The molecule has 7 heteroatoms. The Morgan fingerprint density at radius 2 is 2.13 bits per heavy atom. The van der Waals surface area contributed by atoms with Gasteiger partial charge in [0.25, 0.3) is 5.56 Å². The zero-order chi connectivity index (χ0) is 15.8. The largest absolute Gasteiger partial charge is 0.352 e. The highest BCUT2D eigenvalue weighted by atomic mass is 35.5. The third-order valence-corrected chi connectivity index (χ3v) is 5.63. The van der Waals surface area contributed by atoms with Crippen molar-refractivity contribution in [2.45, 2.75) is 18.8 Å². The van der Waals surface area contributed by atoms with E-state index in [4.69, 9.17) is 16.6 Å². The Morgan fingerprint density at radius 3 is 2.91 bits per heavy atom. The Bertz CT molecular complexity index is 898. The Hall–Kier alpha value is -1.92. The Morgan fingerprint density at radius 1 is 1.30 bits per heavy atom. The fourth-order valence-corrected chi connectivity index (χ4v) is 4.28. The number of benzene rings is 1. The van der Waals surface area contributed by atoms with E-state index < -0.39 is 0 Å². The highest BCUT2D eigenvalue weighted by Gasteiger charge is 2.25. The van der Waals surface area contributed by atoms with Gasteiger partial charge in [-0.25, -0.2) is 9.97 Å². The summed E-state index contributed by atoms with van der Waals surface area (Å²) in [6, 6.07) is 5.85. The van der Waals surface area contributed by atoms with Gasteiger partial charge in [-0.15, -0.1) is 11.3 Å². The van der Waals surface area contributed by atoms with Gasteiger partial charge in [0.1, 0.15) is 0 Å². The Labute approximate surface area is 142 Å². The molecular formula is C16H15ClN4OS. The maximum absolute atomic E-state index is 11.8. The zero-order valence-corrected chi connectivity index (χ0v) is 13.9.